The minimum Gasteiger partial charge on any atom is -0.389 e. The second-order valence-electron chi connectivity index (χ2n) is 5.54. The number of nitrogens with zero attached hydrogens (tertiary/aromatic N) is 1. The Morgan fingerprint density at radius 3 is 2.16 bits per heavy atom. The normalized spacial score (nSPS) is 13.5. The molecule has 1 rings (SSSR count). The van der Waals surface area contributed by atoms with Crippen molar-refractivity contribution in [3.63, 3.8) is 0 Å². The molecule has 0 aliphatic heterocycles. The molecule has 0 fully saturated rings. The Morgan fingerprint density at radius 2 is 1.63 bits per heavy atom. The summed E-state index contributed by atoms with van der Waals surface area (Å²) in [6.45, 7) is 10.2. The van der Waals surface area contributed by atoms with E-state index in [9.17, 15) is 5.11 Å². The number of hydrogen-bond acceptors (Lipinski definition) is 3. The van der Waals surface area contributed by atoms with Crippen LogP contribution < -0.4 is 0 Å². The fraction of sp³-hybridized carbons (Fsp3) is 0.625. The van der Waals surface area contributed by atoms with Crippen LogP contribution in [-0.2, 0) is 11.3 Å². The van der Waals surface area contributed by atoms with Gasteiger partial charge in [-0.3, -0.25) is 4.90 Å². The summed E-state index contributed by atoms with van der Waals surface area (Å²) in [4.78, 5) is 2.27. The third kappa shape index (κ3) is 6.19. The topological polar surface area (TPSA) is 32.7 Å². The van der Waals surface area contributed by atoms with E-state index in [-0.39, 0.29) is 0 Å². The van der Waals surface area contributed by atoms with Crippen molar-refractivity contribution in [3.05, 3.63) is 35.9 Å². The summed E-state index contributed by atoms with van der Waals surface area (Å²) in [5, 5.41) is 10.0. The zero-order valence-corrected chi connectivity index (χ0v) is 12.5. The van der Waals surface area contributed by atoms with Crippen molar-refractivity contribution in [2.24, 2.45) is 0 Å². The van der Waals surface area contributed by atoms with Crippen LogP contribution >= 0.6 is 0 Å². The van der Waals surface area contributed by atoms with Crippen LogP contribution in [0.25, 0.3) is 0 Å². The molecule has 0 heterocycles. The van der Waals surface area contributed by atoms with Crippen molar-refractivity contribution in [3.8, 4) is 0 Å². The van der Waals surface area contributed by atoms with E-state index in [1.807, 2.05) is 30.3 Å². The average molecular weight is 265 g/mol. The molecule has 3 heteroatoms. The van der Waals surface area contributed by atoms with Crippen LogP contribution in [0.1, 0.15) is 33.3 Å². The smallest absolute Gasteiger partial charge is 0.0900 e. The molecule has 1 aromatic rings. The number of aliphatic hydroxyl groups excluding tert-OH is 1. The van der Waals surface area contributed by atoms with Gasteiger partial charge < -0.3 is 9.84 Å². The van der Waals surface area contributed by atoms with Crippen LogP contribution in [0, 0.1) is 0 Å². The average Bonchev–Trinajstić information content (AvgIpc) is 2.36. The van der Waals surface area contributed by atoms with Gasteiger partial charge in [-0.25, -0.2) is 0 Å². The van der Waals surface area contributed by atoms with E-state index in [2.05, 4.69) is 32.6 Å². The molecule has 1 aromatic carbocycles. The fourth-order valence-corrected chi connectivity index (χ4v) is 2.20. The van der Waals surface area contributed by atoms with Crippen molar-refractivity contribution in [2.45, 2.75) is 52.5 Å². The van der Waals surface area contributed by atoms with E-state index >= 15 is 0 Å². The molecule has 0 bridgehead atoms. The molecule has 1 atom stereocenters. The lowest BCUT2D eigenvalue weighted by Gasteiger charge is -2.32. The van der Waals surface area contributed by atoms with Gasteiger partial charge in [-0.15, -0.1) is 0 Å². The summed E-state index contributed by atoms with van der Waals surface area (Å²) in [5.41, 5.74) is 1.14. The van der Waals surface area contributed by atoms with Crippen LogP contribution in [0.4, 0.5) is 0 Å². The Morgan fingerprint density at radius 1 is 1.05 bits per heavy atom. The predicted octanol–water partition coefficient (Wildman–Crippen LogP) is 2.68. The molecule has 3 nitrogen and oxygen atoms in total. The highest BCUT2D eigenvalue weighted by Gasteiger charge is 2.17. The van der Waals surface area contributed by atoms with Gasteiger partial charge in [-0.05, 0) is 33.3 Å². The fourth-order valence-electron chi connectivity index (χ4n) is 2.20. The first-order valence-electron chi connectivity index (χ1n) is 7.06. The van der Waals surface area contributed by atoms with Gasteiger partial charge in [0, 0.05) is 18.6 Å². The van der Waals surface area contributed by atoms with E-state index in [4.69, 9.17) is 4.74 Å². The summed E-state index contributed by atoms with van der Waals surface area (Å²) in [6, 6.07) is 10.9. The largest absolute Gasteiger partial charge is 0.389 e. The van der Waals surface area contributed by atoms with Gasteiger partial charge in [0.05, 0.1) is 19.3 Å². The Bertz CT molecular complexity index is 330. The first-order valence-corrected chi connectivity index (χ1v) is 7.06. The third-order valence-electron chi connectivity index (χ3n) is 3.17. The lowest BCUT2D eigenvalue weighted by Crippen LogP contribution is -2.43. The first kappa shape index (κ1) is 16.2. The summed E-state index contributed by atoms with van der Waals surface area (Å²) in [7, 11) is 0. The van der Waals surface area contributed by atoms with Crippen molar-refractivity contribution in [1.29, 1.82) is 0 Å². The molecule has 0 unspecified atom stereocenters. The molecule has 0 spiro atoms. The summed E-state index contributed by atoms with van der Waals surface area (Å²) in [5.74, 6) is 0. The van der Waals surface area contributed by atoms with Crippen LogP contribution in [0.5, 0.6) is 0 Å². The zero-order chi connectivity index (χ0) is 14.3. The number of benzene rings is 1. The standard InChI is InChI=1S/C16H27NO2/c1-13(2)17(14(3)4)10-16(18)12-19-11-15-8-6-5-7-9-15/h5-9,13-14,16,18H,10-12H2,1-4H3/t16-/m1/s1. The lowest BCUT2D eigenvalue weighted by atomic mass is 10.2. The quantitative estimate of drug-likeness (QED) is 0.784. The molecular weight excluding hydrogens is 238 g/mol. The van der Waals surface area contributed by atoms with E-state index in [1.165, 1.54) is 0 Å². The number of ether oxygens (including phenoxy) is 1. The van der Waals surface area contributed by atoms with Gasteiger partial charge in [0.1, 0.15) is 0 Å². The number of aliphatic hydroxyl groups is 1. The molecule has 0 radical (unpaired) electrons. The Hall–Kier alpha value is -0.900. The van der Waals surface area contributed by atoms with E-state index in [0.29, 0.717) is 31.8 Å². The SMILES string of the molecule is CC(C)N(C[C@@H](O)COCc1ccccc1)C(C)C. The second kappa shape index (κ2) is 8.31. The maximum absolute atomic E-state index is 10.0. The second-order valence-corrected chi connectivity index (χ2v) is 5.54. The lowest BCUT2D eigenvalue weighted by molar-refractivity contribution is -0.00157. The molecule has 0 saturated carbocycles. The maximum Gasteiger partial charge on any atom is 0.0900 e. The molecule has 0 saturated heterocycles. The van der Waals surface area contributed by atoms with Gasteiger partial charge >= 0.3 is 0 Å². The molecule has 19 heavy (non-hydrogen) atoms. The van der Waals surface area contributed by atoms with Crippen molar-refractivity contribution in [2.75, 3.05) is 13.2 Å². The predicted molar refractivity (Wildman–Crippen MR) is 79.1 cm³/mol. The van der Waals surface area contributed by atoms with Crippen LogP contribution in [0.2, 0.25) is 0 Å². The molecular formula is C16H27NO2. The highest BCUT2D eigenvalue weighted by atomic mass is 16.5. The van der Waals surface area contributed by atoms with Crippen molar-refractivity contribution < 1.29 is 9.84 Å². The maximum atomic E-state index is 10.0. The highest BCUT2D eigenvalue weighted by molar-refractivity contribution is 5.13. The summed E-state index contributed by atoms with van der Waals surface area (Å²) < 4.78 is 5.57. The van der Waals surface area contributed by atoms with Crippen LogP contribution in [-0.4, -0.2) is 41.3 Å². The van der Waals surface area contributed by atoms with Gasteiger partial charge in [-0.2, -0.15) is 0 Å². The van der Waals surface area contributed by atoms with Gasteiger partial charge in [0.2, 0.25) is 0 Å². The monoisotopic (exact) mass is 265 g/mol. The van der Waals surface area contributed by atoms with Crippen LogP contribution in [0.3, 0.4) is 0 Å². The molecule has 0 aliphatic carbocycles. The number of rotatable bonds is 8. The van der Waals surface area contributed by atoms with E-state index < -0.39 is 6.10 Å². The van der Waals surface area contributed by atoms with Gasteiger partial charge in [0.15, 0.2) is 0 Å². The van der Waals surface area contributed by atoms with E-state index in [1.54, 1.807) is 0 Å². The molecule has 0 aromatic heterocycles. The Kier molecular flexibility index (Phi) is 7.06. The van der Waals surface area contributed by atoms with Crippen LogP contribution in [0.15, 0.2) is 30.3 Å². The van der Waals surface area contributed by atoms with Crippen molar-refractivity contribution >= 4 is 0 Å². The van der Waals surface area contributed by atoms with E-state index in [0.717, 1.165) is 5.56 Å². The molecule has 0 amide bonds. The van der Waals surface area contributed by atoms with Crippen molar-refractivity contribution in [1.82, 2.24) is 4.90 Å². The molecule has 108 valence electrons. The first-order chi connectivity index (χ1) is 9.00. The Labute approximate surface area is 117 Å². The van der Waals surface area contributed by atoms with Gasteiger partial charge in [-0.1, -0.05) is 30.3 Å². The summed E-state index contributed by atoms with van der Waals surface area (Å²) in [6.07, 6.45) is -0.437. The zero-order valence-electron chi connectivity index (χ0n) is 12.5. The Balaban J connectivity index is 2.29. The minimum absolute atomic E-state index is 0.380. The molecule has 1 N–H and O–H groups in total. The summed E-state index contributed by atoms with van der Waals surface area (Å²) >= 11 is 0. The minimum atomic E-state index is -0.437. The van der Waals surface area contributed by atoms with Gasteiger partial charge in [0.25, 0.3) is 0 Å². The third-order valence-corrected chi connectivity index (χ3v) is 3.17. The highest BCUT2D eigenvalue weighted by Crippen LogP contribution is 2.07. The molecule has 0 aliphatic rings. The number of hydrogen-bond donors (Lipinski definition) is 1.